The summed E-state index contributed by atoms with van der Waals surface area (Å²) in [6, 6.07) is 12.5. The minimum Gasteiger partial charge on any atom is -0.486 e. The van der Waals surface area contributed by atoms with Gasteiger partial charge in [-0.15, -0.1) is 0 Å². The van der Waals surface area contributed by atoms with Crippen LogP contribution < -0.4 is 15.2 Å². The predicted molar refractivity (Wildman–Crippen MR) is 104 cm³/mol. The lowest BCUT2D eigenvalue weighted by Gasteiger charge is -2.36. The number of rotatable bonds is 3. The van der Waals surface area contributed by atoms with E-state index < -0.39 is 5.82 Å². The largest absolute Gasteiger partial charge is 0.486 e. The van der Waals surface area contributed by atoms with Crippen LogP contribution in [0.15, 0.2) is 47.3 Å². The summed E-state index contributed by atoms with van der Waals surface area (Å²) < 4.78 is 27.6. The minimum absolute atomic E-state index is 0.00796. The number of aromatic amines is 1. The van der Waals surface area contributed by atoms with Gasteiger partial charge in [0.05, 0.1) is 11.6 Å². The van der Waals surface area contributed by atoms with E-state index in [1.54, 1.807) is 16.7 Å². The minimum atomic E-state index is -0.396. The highest BCUT2D eigenvalue weighted by Crippen LogP contribution is 2.32. The topological polar surface area (TPSA) is 59.5 Å². The molecular formula is C21H22FN3O3. The summed E-state index contributed by atoms with van der Waals surface area (Å²) in [5.41, 5.74) is 0.659. The highest BCUT2D eigenvalue weighted by molar-refractivity contribution is 5.75. The fraction of sp³-hybridized carbons (Fsp3) is 0.381. The zero-order valence-electron chi connectivity index (χ0n) is 15.4. The average Bonchev–Trinajstić information content (AvgIpc) is 3.05. The van der Waals surface area contributed by atoms with Gasteiger partial charge in [0.1, 0.15) is 24.0 Å². The lowest BCUT2D eigenvalue weighted by Crippen LogP contribution is -2.46. The molecule has 2 aromatic carbocycles. The van der Waals surface area contributed by atoms with Gasteiger partial charge in [0.25, 0.3) is 0 Å². The Bertz CT molecular complexity index is 1060. The Morgan fingerprint density at radius 2 is 2.00 bits per heavy atom. The molecule has 0 amide bonds. The van der Waals surface area contributed by atoms with Crippen molar-refractivity contribution in [1.29, 1.82) is 0 Å². The van der Waals surface area contributed by atoms with Crippen LogP contribution in [0.25, 0.3) is 11.0 Å². The van der Waals surface area contributed by atoms with Crippen molar-refractivity contribution in [2.75, 3.05) is 26.2 Å². The fourth-order valence-electron chi connectivity index (χ4n) is 4.33. The number of H-pyrrole nitrogens is 1. The van der Waals surface area contributed by atoms with Gasteiger partial charge in [-0.1, -0.05) is 18.2 Å². The Kier molecular flexibility index (Phi) is 4.31. The number of aromatic nitrogens is 2. The number of benzene rings is 2. The lowest BCUT2D eigenvalue weighted by molar-refractivity contribution is 0.0462. The molecule has 5 rings (SSSR count). The van der Waals surface area contributed by atoms with E-state index in [1.807, 2.05) is 24.3 Å². The number of hydrogen-bond donors (Lipinski definition) is 1. The van der Waals surface area contributed by atoms with Crippen molar-refractivity contribution in [2.45, 2.75) is 25.0 Å². The van der Waals surface area contributed by atoms with Crippen molar-refractivity contribution in [3.63, 3.8) is 0 Å². The number of para-hydroxylation sites is 3. The van der Waals surface area contributed by atoms with E-state index >= 15 is 0 Å². The molecule has 0 unspecified atom stereocenters. The van der Waals surface area contributed by atoms with E-state index in [0.29, 0.717) is 12.1 Å². The number of hydrogen-bond acceptors (Lipinski definition) is 4. The maximum Gasteiger partial charge on any atom is 0.326 e. The van der Waals surface area contributed by atoms with Gasteiger partial charge >= 0.3 is 5.69 Å². The van der Waals surface area contributed by atoms with E-state index in [0.717, 1.165) is 44.0 Å². The summed E-state index contributed by atoms with van der Waals surface area (Å²) in [4.78, 5) is 17.5. The van der Waals surface area contributed by atoms with Gasteiger partial charge in [-0.2, -0.15) is 0 Å². The van der Waals surface area contributed by atoms with Crippen molar-refractivity contribution in [1.82, 2.24) is 14.5 Å². The first-order valence-electron chi connectivity index (χ1n) is 9.68. The fourth-order valence-corrected chi connectivity index (χ4v) is 4.33. The maximum absolute atomic E-state index is 14.0. The van der Waals surface area contributed by atoms with Crippen LogP contribution in [-0.2, 0) is 0 Å². The van der Waals surface area contributed by atoms with Gasteiger partial charge in [0.15, 0.2) is 11.5 Å². The molecule has 2 atom stereocenters. The molecule has 1 saturated heterocycles. The molecule has 0 aliphatic carbocycles. The number of ether oxygens (including phenoxy) is 2. The summed E-state index contributed by atoms with van der Waals surface area (Å²) in [6.45, 7) is 2.92. The molecule has 28 heavy (non-hydrogen) atoms. The second-order valence-corrected chi connectivity index (χ2v) is 7.49. The molecule has 1 fully saturated rings. The third-order valence-electron chi connectivity index (χ3n) is 5.58. The zero-order valence-corrected chi connectivity index (χ0v) is 15.4. The van der Waals surface area contributed by atoms with Crippen LogP contribution in [0, 0.1) is 5.82 Å². The maximum atomic E-state index is 14.0. The number of nitrogens with one attached hydrogen (secondary N) is 1. The van der Waals surface area contributed by atoms with Crippen molar-refractivity contribution >= 4 is 11.0 Å². The Labute approximate surface area is 161 Å². The SMILES string of the molecule is O=c1[nH]c2c(F)cccc2n1[C@H]1CCCN(C[C@H]2COc3ccccc3O2)C1. The zero-order chi connectivity index (χ0) is 19.1. The van der Waals surface area contributed by atoms with Crippen molar-refractivity contribution in [2.24, 2.45) is 0 Å². The molecule has 0 saturated carbocycles. The smallest absolute Gasteiger partial charge is 0.326 e. The van der Waals surface area contributed by atoms with E-state index in [2.05, 4.69) is 9.88 Å². The van der Waals surface area contributed by atoms with Crippen LogP contribution in [0.5, 0.6) is 11.5 Å². The number of piperidine rings is 1. The summed E-state index contributed by atoms with van der Waals surface area (Å²) in [5.74, 6) is 1.16. The van der Waals surface area contributed by atoms with E-state index in [4.69, 9.17) is 9.47 Å². The molecule has 1 aromatic heterocycles. The van der Waals surface area contributed by atoms with Gasteiger partial charge < -0.3 is 14.5 Å². The molecule has 7 heteroatoms. The van der Waals surface area contributed by atoms with Crippen molar-refractivity contribution < 1.29 is 13.9 Å². The molecule has 2 aliphatic heterocycles. The van der Waals surface area contributed by atoms with Gasteiger partial charge in [-0.05, 0) is 43.7 Å². The normalized spacial score (nSPS) is 22.5. The first-order valence-corrected chi connectivity index (χ1v) is 9.68. The first kappa shape index (κ1) is 17.3. The first-order chi connectivity index (χ1) is 13.7. The highest BCUT2D eigenvalue weighted by atomic mass is 19.1. The number of fused-ring (bicyclic) bond motifs is 2. The van der Waals surface area contributed by atoms with Crippen LogP contribution in [-0.4, -0.2) is 46.8 Å². The molecule has 3 heterocycles. The summed E-state index contributed by atoms with van der Waals surface area (Å²) in [7, 11) is 0. The number of halogens is 1. The highest BCUT2D eigenvalue weighted by Gasteiger charge is 2.28. The van der Waals surface area contributed by atoms with Crippen LogP contribution in [0.2, 0.25) is 0 Å². The van der Waals surface area contributed by atoms with E-state index in [9.17, 15) is 9.18 Å². The van der Waals surface area contributed by atoms with Gasteiger partial charge in [-0.25, -0.2) is 9.18 Å². The van der Waals surface area contributed by atoms with Crippen molar-refractivity contribution in [3.05, 3.63) is 58.8 Å². The third-order valence-corrected chi connectivity index (χ3v) is 5.58. The molecule has 0 spiro atoms. The quantitative estimate of drug-likeness (QED) is 0.756. The molecule has 0 radical (unpaired) electrons. The molecule has 0 bridgehead atoms. The summed E-state index contributed by atoms with van der Waals surface area (Å²) in [6.07, 6.45) is 1.82. The Balaban J connectivity index is 1.33. The summed E-state index contributed by atoms with van der Waals surface area (Å²) >= 11 is 0. The lowest BCUT2D eigenvalue weighted by atomic mass is 10.0. The van der Waals surface area contributed by atoms with Crippen LogP contribution in [0.3, 0.4) is 0 Å². The molecule has 146 valence electrons. The second-order valence-electron chi connectivity index (χ2n) is 7.49. The van der Waals surface area contributed by atoms with Crippen LogP contribution in [0.1, 0.15) is 18.9 Å². The Hall–Kier alpha value is -2.80. The molecule has 2 aliphatic rings. The monoisotopic (exact) mass is 383 g/mol. The van der Waals surface area contributed by atoms with E-state index in [1.165, 1.54) is 6.07 Å². The van der Waals surface area contributed by atoms with Crippen molar-refractivity contribution in [3.8, 4) is 11.5 Å². The Morgan fingerprint density at radius 1 is 1.14 bits per heavy atom. The second kappa shape index (κ2) is 6.98. The molecular weight excluding hydrogens is 361 g/mol. The standard InChI is InChI=1S/C21H22FN3O3/c22-16-6-3-7-17-20(16)23-21(26)25(17)14-5-4-10-24(11-14)12-15-13-27-18-8-1-2-9-19(18)28-15/h1-3,6-9,14-15H,4-5,10-13H2,(H,23,26)/t14-,15-/m0/s1. The van der Waals surface area contributed by atoms with E-state index in [-0.39, 0.29) is 23.4 Å². The third kappa shape index (κ3) is 3.05. The van der Waals surface area contributed by atoms with Gasteiger partial charge in [0.2, 0.25) is 0 Å². The van der Waals surface area contributed by atoms with Gasteiger partial charge in [0, 0.05) is 13.1 Å². The Morgan fingerprint density at radius 3 is 2.89 bits per heavy atom. The van der Waals surface area contributed by atoms with Gasteiger partial charge in [-0.3, -0.25) is 9.47 Å². The number of nitrogens with zero attached hydrogens (tertiary/aromatic N) is 2. The average molecular weight is 383 g/mol. The summed E-state index contributed by atoms with van der Waals surface area (Å²) in [5, 5.41) is 0. The molecule has 1 N–H and O–H groups in total. The van der Waals surface area contributed by atoms with Crippen LogP contribution >= 0.6 is 0 Å². The molecule has 6 nitrogen and oxygen atoms in total. The van der Waals surface area contributed by atoms with Crippen LogP contribution in [0.4, 0.5) is 4.39 Å². The molecule has 3 aromatic rings. The number of imidazole rings is 1. The predicted octanol–water partition coefficient (Wildman–Crippen LogP) is 2.95. The number of likely N-dealkylation sites (tertiary alicyclic amines) is 1.